The molecule has 70 heavy (non-hydrogen) atoms. The third-order valence-electron chi connectivity index (χ3n) is 12.2. The van der Waals surface area contributed by atoms with Gasteiger partial charge >= 0.3 is 63.5 Å². The van der Waals surface area contributed by atoms with Gasteiger partial charge < -0.3 is 19.8 Å². The number of aldehydes is 1. The van der Waals surface area contributed by atoms with Crippen LogP contribution < -0.4 is 56.7 Å². The van der Waals surface area contributed by atoms with Crippen LogP contribution in [0.4, 0.5) is 18.9 Å². The first-order chi connectivity index (χ1) is 32.8. The number of aliphatic carboxylic acids is 1. The number of carbonyl (C=O) groups is 4. The van der Waals surface area contributed by atoms with Crippen molar-refractivity contribution in [3.63, 3.8) is 0 Å². The molecule has 382 valence electrons. The van der Waals surface area contributed by atoms with Gasteiger partial charge in [-0.3, -0.25) is 24.1 Å². The van der Waals surface area contributed by atoms with Crippen LogP contribution in [-0.4, -0.2) is 100 Å². The summed E-state index contributed by atoms with van der Waals surface area (Å²) in [5.41, 5.74) is 2.11. The number of aromatic nitrogens is 2. The summed E-state index contributed by atoms with van der Waals surface area (Å²) in [5, 5.41) is 16.6. The number of ketones is 1. The number of hydrogen-bond acceptors (Lipinski definition) is 7. The third-order valence-corrected chi connectivity index (χ3v) is 12.5. The average molecular weight is 1020 g/mol. The number of alkyl halides is 3. The summed E-state index contributed by atoms with van der Waals surface area (Å²) in [6.07, 6.45) is 10.8. The van der Waals surface area contributed by atoms with Crippen LogP contribution in [0.5, 0.6) is 0 Å². The molecule has 1 aliphatic carbocycles. The summed E-state index contributed by atoms with van der Waals surface area (Å²) in [6.45, 7) is 21.4. The number of rotatable bonds is 19. The molecule has 0 unspecified atom stereocenters. The molecular formula is C54H78ClF3KN6O5+. The summed E-state index contributed by atoms with van der Waals surface area (Å²) >= 11 is 6.16. The molecule has 5 rings (SSSR count). The molecule has 3 aromatic rings. The standard InChI is InChI=1S/C23H25F3N3O.C15H25NO3.C14H21ClN2O.C2H6.K/c1-5-6-12-21(18-10-8-7-9-11-18)29-14-19(22(28-29)23(24,25)26)17(4)13-27-20(15-30)16(2)3;1-12(17)14-6-8-16(9-7-14,11-15(18)19)10-13-4-2-3-5-13;1-4-8-17(9-5-2)14(18)12-7-6-11(16-3)10-13(12)15;1-2;/h7-10,12-16H,5-6H2,1-4H3;13-14H,2-11H2,1H3;6-7,10,16H,4-5,8-9H2,1-3H3;1-2H3;/q-1;;;;+1/p+1/b17-13+,21-12+,27-20?;;;;. The molecule has 2 fully saturated rings. The molecule has 1 amide bonds. The van der Waals surface area contributed by atoms with Gasteiger partial charge in [-0.1, -0.05) is 79.3 Å². The molecule has 0 bridgehead atoms. The van der Waals surface area contributed by atoms with Crippen molar-refractivity contribution in [1.82, 2.24) is 14.7 Å². The zero-order valence-corrected chi connectivity index (χ0v) is 47.6. The predicted molar refractivity (Wildman–Crippen MR) is 274 cm³/mol. The van der Waals surface area contributed by atoms with Gasteiger partial charge in [0.25, 0.3) is 5.91 Å². The second kappa shape index (κ2) is 33.3. The van der Waals surface area contributed by atoms with E-state index in [0.29, 0.717) is 45.0 Å². The van der Waals surface area contributed by atoms with Crippen molar-refractivity contribution in [1.29, 1.82) is 0 Å². The number of unbranched alkanes of at least 4 members (excludes halogenated alkanes) is 1. The monoisotopic (exact) mass is 1020 g/mol. The summed E-state index contributed by atoms with van der Waals surface area (Å²) in [5.74, 6) is 0.338. The predicted octanol–water partition coefficient (Wildman–Crippen LogP) is 9.80. The number of quaternary nitrogens is 1. The van der Waals surface area contributed by atoms with Crippen molar-refractivity contribution in [2.75, 3.05) is 51.6 Å². The molecule has 11 nitrogen and oxygen atoms in total. The SMILES string of the molecule is CC.CC(=O)C1CC[N+](CC(=O)O)(CC2CCCC2)CC1.CCC/C=C(\c1[c-]cccc1)n1cc(/C(C)=C/N=C(C=O)C(C)C)c(C(F)(F)F)n1.CCCN(CCC)C(=O)c1ccc(NC)cc1Cl.[K+]. The molecule has 1 aliphatic heterocycles. The quantitative estimate of drug-likeness (QED) is 0.0402. The minimum Gasteiger partial charge on any atom is -0.477 e. The molecule has 16 heteroatoms. The third kappa shape index (κ3) is 21.0. The maximum Gasteiger partial charge on any atom is 1.00 e. The number of halogens is 4. The fourth-order valence-corrected chi connectivity index (χ4v) is 8.80. The van der Waals surface area contributed by atoms with Gasteiger partial charge in [-0.25, -0.2) is 4.79 Å². The van der Waals surface area contributed by atoms with Gasteiger partial charge in [0.2, 0.25) is 0 Å². The van der Waals surface area contributed by atoms with Crippen LogP contribution >= 0.6 is 11.6 Å². The van der Waals surface area contributed by atoms with Crippen LogP contribution in [0.3, 0.4) is 0 Å². The fraction of sp³-hybridized carbons (Fsp3) is 0.556. The van der Waals surface area contributed by atoms with Gasteiger partial charge in [0.05, 0.1) is 35.9 Å². The van der Waals surface area contributed by atoms with E-state index in [1.807, 2.05) is 44.9 Å². The maximum absolute atomic E-state index is 13.7. The number of anilines is 1. The van der Waals surface area contributed by atoms with Crippen LogP contribution in [0.2, 0.25) is 5.02 Å². The number of allylic oxidation sites excluding steroid dienone is 2. The Bertz CT molecular complexity index is 2160. The molecule has 2 heterocycles. The number of carboxylic acid groups (broad SMARTS) is 1. The van der Waals surface area contributed by atoms with E-state index in [-0.39, 0.29) is 98.3 Å². The van der Waals surface area contributed by atoms with Crippen molar-refractivity contribution in [2.45, 2.75) is 133 Å². The summed E-state index contributed by atoms with van der Waals surface area (Å²) < 4.78 is 43.1. The summed E-state index contributed by atoms with van der Waals surface area (Å²) in [4.78, 5) is 52.0. The Hall–Kier alpha value is -3.44. The Kier molecular flexibility index (Phi) is 30.7. The van der Waals surface area contributed by atoms with E-state index in [4.69, 9.17) is 11.6 Å². The van der Waals surface area contributed by atoms with Crippen LogP contribution in [0.25, 0.3) is 11.3 Å². The molecule has 1 aromatic heterocycles. The molecule has 0 radical (unpaired) electrons. The molecule has 1 saturated carbocycles. The van der Waals surface area contributed by atoms with Crippen LogP contribution in [0.15, 0.2) is 65.9 Å². The first kappa shape index (κ1) is 64.6. The van der Waals surface area contributed by atoms with E-state index < -0.39 is 17.8 Å². The van der Waals surface area contributed by atoms with Gasteiger partial charge in [-0.2, -0.15) is 18.3 Å². The Morgan fingerprint density at radius 2 is 1.63 bits per heavy atom. The number of carbonyl (C=O) groups excluding carboxylic acids is 3. The van der Waals surface area contributed by atoms with Gasteiger partial charge in [0.1, 0.15) is 5.78 Å². The largest absolute Gasteiger partial charge is 1.00 e. The second-order valence-electron chi connectivity index (χ2n) is 17.9. The smallest absolute Gasteiger partial charge is 0.477 e. The number of piperidine rings is 1. The molecule has 2 aliphatic rings. The van der Waals surface area contributed by atoms with Crippen LogP contribution in [-0.2, 0) is 20.6 Å². The Morgan fingerprint density at radius 3 is 2.10 bits per heavy atom. The number of amides is 1. The number of carboxylic acids is 1. The number of nitrogens with one attached hydrogen (secondary N) is 1. The topological polar surface area (TPSA) is 134 Å². The van der Waals surface area contributed by atoms with Crippen molar-refractivity contribution in [3.05, 3.63) is 94.4 Å². The average Bonchev–Trinajstić information content (AvgIpc) is 4.01. The van der Waals surface area contributed by atoms with Crippen molar-refractivity contribution >= 4 is 58.2 Å². The number of Topliss-reactive ketones (excluding diaryl/α,β-unsaturated/α-hetero) is 1. The number of likely N-dealkylation sites (tertiary alicyclic amines) is 1. The van der Waals surface area contributed by atoms with Gasteiger partial charge in [-0.05, 0) is 81.3 Å². The Morgan fingerprint density at radius 1 is 1.00 bits per heavy atom. The number of nitrogens with zero attached hydrogens (tertiary/aromatic N) is 5. The van der Waals surface area contributed by atoms with E-state index in [9.17, 15) is 37.5 Å². The molecule has 0 atom stereocenters. The first-order valence-corrected chi connectivity index (χ1v) is 25.1. The van der Waals surface area contributed by atoms with Crippen LogP contribution in [0.1, 0.15) is 154 Å². The zero-order chi connectivity index (χ0) is 51.7. The van der Waals surface area contributed by atoms with Crippen molar-refractivity contribution in [2.24, 2.45) is 22.7 Å². The van der Waals surface area contributed by atoms with Crippen LogP contribution in [0, 0.1) is 23.8 Å². The summed E-state index contributed by atoms with van der Waals surface area (Å²) in [6, 6.07) is 15.6. The number of benzene rings is 2. The Labute approximate surface area is 463 Å². The minimum atomic E-state index is -4.64. The van der Waals surface area contributed by atoms with Crippen molar-refractivity contribution in [3.8, 4) is 0 Å². The normalized spacial score (nSPS) is 17.4. The van der Waals surface area contributed by atoms with E-state index in [1.54, 1.807) is 57.2 Å². The van der Waals surface area contributed by atoms with E-state index >= 15 is 0 Å². The van der Waals surface area contributed by atoms with Gasteiger partial charge in [0, 0.05) is 68.5 Å². The number of hydrogen-bond donors (Lipinski definition) is 2. The van der Waals surface area contributed by atoms with Gasteiger partial charge in [0.15, 0.2) is 18.5 Å². The first-order valence-electron chi connectivity index (χ1n) is 24.7. The molecule has 0 spiro atoms. The fourth-order valence-electron chi connectivity index (χ4n) is 8.54. The maximum atomic E-state index is 13.7. The molecule has 1 saturated heterocycles. The second-order valence-corrected chi connectivity index (χ2v) is 18.3. The minimum absolute atomic E-state index is 0. The zero-order valence-electron chi connectivity index (χ0n) is 43.7. The van der Waals surface area contributed by atoms with E-state index in [2.05, 4.69) is 35.3 Å². The molecule has 2 N–H and O–H groups in total. The Balaban J connectivity index is 0.000000535. The van der Waals surface area contributed by atoms with Gasteiger partial charge in [-0.15, -0.1) is 42.0 Å². The molecule has 2 aromatic carbocycles. The number of aliphatic imine (C=N–C) groups is 1. The summed E-state index contributed by atoms with van der Waals surface area (Å²) in [7, 11) is 1.83. The van der Waals surface area contributed by atoms with E-state index in [1.165, 1.54) is 49.7 Å². The molecular weight excluding hydrogens is 944 g/mol. The van der Waals surface area contributed by atoms with E-state index in [0.717, 1.165) is 70.5 Å². The van der Waals surface area contributed by atoms with Crippen molar-refractivity contribution < 1.29 is 93.3 Å².